The Bertz CT molecular complexity index is 1080. The molecule has 9 heteroatoms. The van der Waals surface area contributed by atoms with Crippen molar-refractivity contribution in [2.45, 2.75) is 11.8 Å². The molecule has 8 nitrogen and oxygen atoms in total. The van der Waals surface area contributed by atoms with E-state index in [0.717, 1.165) is 27.1 Å². The molecule has 0 unspecified atom stereocenters. The van der Waals surface area contributed by atoms with Crippen LogP contribution in [0.15, 0.2) is 58.9 Å². The average Bonchev–Trinajstić information content (AvgIpc) is 2.79. The lowest BCUT2D eigenvalue weighted by Crippen LogP contribution is -2.34. The fourth-order valence-corrected chi connectivity index (χ4v) is 3.67. The van der Waals surface area contributed by atoms with Crippen molar-refractivity contribution < 1.29 is 4.79 Å². The molecular weight excluding hydrogens is 398 g/mol. The number of aromatic nitrogens is 3. The van der Waals surface area contributed by atoms with Crippen molar-refractivity contribution in [3.8, 4) is 28.3 Å². The van der Waals surface area contributed by atoms with Crippen molar-refractivity contribution in [2.24, 2.45) is 4.99 Å². The molecule has 150 valence electrons. The van der Waals surface area contributed by atoms with Gasteiger partial charge in [-0.1, -0.05) is 6.07 Å². The number of hydrogen-bond donors (Lipinski definition) is 2. The molecule has 0 radical (unpaired) electrons. The Balaban J connectivity index is 2.03. The van der Waals surface area contributed by atoms with Crippen LogP contribution in [0.5, 0.6) is 0 Å². The van der Waals surface area contributed by atoms with Gasteiger partial charge in [0.2, 0.25) is 5.82 Å². The molecule has 30 heavy (non-hydrogen) atoms. The first-order chi connectivity index (χ1) is 14.7. The van der Waals surface area contributed by atoms with E-state index >= 15 is 0 Å². The van der Waals surface area contributed by atoms with E-state index in [4.69, 9.17) is 5.26 Å². The third-order valence-corrected chi connectivity index (χ3v) is 5.09. The first kappa shape index (κ1) is 21.0. The summed E-state index contributed by atoms with van der Waals surface area (Å²) in [6.45, 7) is 6.12. The Labute approximate surface area is 178 Å². The highest BCUT2D eigenvalue weighted by Crippen LogP contribution is 2.41. The summed E-state index contributed by atoms with van der Waals surface area (Å²) in [4.78, 5) is 29.1. The van der Waals surface area contributed by atoms with Crippen LogP contribution < -0.4 is 10.6 Å². The van der Waals surface area contributed by atoms with Crippen LogP contribution in [-0.4, -0.2) is 40.1 Å². The van der Waals surface area contributed by atoms with E-state index in [2.05, 4.69) is 37.3 Å². The largest absolute Gasteiger partial charge is 0.338 e. The van der Waals surface area contributed by atoms with Crippen molar-refractivity contribution in [2.75, 3.05) is 12.4 Å². The number of pyridine rings is 1. The maximum atomic E-state index is 11.7. The van der Waals surface area contributed by atoms with E-state index < -0.39 is 0 Å². The lowest BCUT2D eigenvalue weighted by molar-refractivity contribution is 0.243. The molecule has 3 aromatic rings. The fraction of sp³-hybridized carbons (Fsp3) is 0.143. The zero-order valence-corrected chi connectivity index (χ0v) is 17.1. The fourth-order valence-electron chi connectivity index (χ4n) is 2.72. The number of rotatable bonds is 7. The van der Waals surface area contributed by atoms with Gasteiger partial charge in [-0.15, -0.1) is 11.8 Å². The molecule has 0 aliphatic carbocycles. The summed E-state index contributed by atoms with van der Waals surface area (Å²) in [6, 6.07) is 9.37. The van der Waals surface area contributed by atoms with Gasteiger partial charge in [-0.25, -0.2) is 14.8 Å². The van der Waals surface area contributed by atoms with Crippen molar-refractivity contribution in [3.05, 3.63) is 54.9 Å². The summed E-state index contributed by atoms with van der Waals surface area (Å²) in [5.74, 6) is 0.470. The number of hydrogen-bond acceptors (Lipinski definition) is 7. The molecule has 0 fully saturated rings. The van der Waals surface area contributed by atoms with Gasteiger partial charge in [0.25, 0.3) is 0 Å². The highest BCUT2D eigenvalue weighted by atomic mass is 32.2. The molecule has 0 aliphatic heterocycles. The van der Waals surface area contributed by atoms with Gasteiger partial charge >= 0.3 is 6.03 Å². The van der Waals surface area contributed by atoms with E-state index in [1.165, 1.54) is 11.8 Å². The minimum atomic E-state index is -0.229. The quantitative estimate of drug-likeness (QED) is 0.343. The van der Waals surface area contributed by atoms with Crippen LogP contribution in [0.2, 0.25) is 0 Å². The maximum Gasteiger partial charge on any atom is 0.315 e. The van der Waals surface area contributed by atoms with Crippen LogP contribution in [0, 0.1) is 11.3 Å². The lowest BCUT2D eigenvalue weighted by Gasteiger charge is -2.15. The number of benzene rings is 1. The number of nitrogens with zero attached hydrogens (tertiary/aromatic N) is 5. The summed E-state index contributed by atoms with van der Waals surface area (Å²) in [6.07, 6.45) is 6.68. The molecule has 2 N–H and O–H groups in total. The summed E-state index contributed by atoms with van der Waals surface area (Å²) in [7, 11) is 0. The minimum absolute atomic E-state index is 0.108. The smallest absolute Gasteiger partial charge is 0.315 e. The molecule has 0 spiro atoms. The highest BCUT2D eigenvalue weighted by Gasteiger charge is 2.15. The van der Waals surface area contributed by atoms with Crippen LogP contribution in [0.4, 0.5) is 10.5 Å². The second kappa shape index (κ2) is 10.1. The summed E-state index contributed by atoms with van der Waals surface area (Å²) < 4.78 is 0. The normalized spacial score (nSPS) is 10.1. The molecular formula is C21H19N7OS. The monoisotopic (exact) mass is 417 g/mol. The summed E-state index contributed by atoms with van der Waals surface area (Å²) in [5, 5.41) is 14.4. The Morgan fingerprint density at radius 3 is 2.63 bits per heavy atom. The van der Waals surface area contributed by atoms with E-state index in [-0.39, 0.29) is 11.9 Å². The molecule has 0 atom stereocenters. The highest BCUT2D eigenvalue weighted by molar-refractivity contribution is 7.99. The minimum Gasteiger partial charge on any atom is -0.338 e. The SMILES string of the molecule is C=Nc1cc(-c2cnc(C#N)nc2)cc(-c2cccnc2)c1SCNC(=O)NCC. The second-order valence-corrected chi connectivity index (χ2v) is 6.99. The molecule has 2 amide bonds. The number of nitrogens with one attached hydrogen (secondary N) is 2. The number of carbonyl (C=O) groups is 1. The zero-order chi connectivity index (χ0) is 21.3. The third kappa shape index (κ3) is 4.98. The first-order valence-electron chi connectivity index (χ1n) is 9.08. The molecule has 2 aromatic heterocycles. The van der Waals surface area contributed by atoms with Gasteiger partial charge in [0.1, 0.15) is 6.07 Å². The van der Waals surface area contributed by atoms with E-state index in [9.17, 15) is 4.79 Å². The van der Waals surface area contributed by atoms with Crippen LogP contribution in [0.3, 0.4) is 0 Å². The van der Waals surface area contributed by atoms with Gasteiger partial charge in [-0.2, -0.15) is 5.26 Å². The van der Waals surface area contributed by atoms with Crippen LogP contribution >= 0.6 is 11.8 Å². The molecule has 0 saturated heterocycles. The predicted octanol–water partition coefficient (Wildman–Crippen LogP) is 3.78. The summed E-state index contributed by atoms with van der Waals surface area (Å²) >= 11 is 1.45. The van der Waals surface area contributed by atoms with Crippen molar-refractivity contribution in [1.82, 2.24) is 25.6 Å². The third-order valence-electron chi connectivity index (χ3n) is 4.08. The van der Waals surface area contributed by atoms with Gasteiger partial charge < -0.3 is 10.6 Å². The van der Waals surface area contributed by atoms with E-state index in [0.29, 0.717) is 18.1 Å². The van der Waals surface area contributed by atoms with Crippen LogP contribution in [0.1, 0.15) is 12.7 Å². The number of thioether (sulfide) groups is 1. The Kier molecular flexibility index (Phi) is 7.08. The number of nitriles is 1. The van der Waals surface area contributed by atoms with E-state index in [1.807, 2.05) is 37.3 Å². The molecule has 2 heterocycles. The van der Waals surface area contributed by atoms with Crippen LogP contribution in [-0.2, 0) is 0 Å². The summed E-state index contributed by atoms with van der Waals surface area (Å²) in [5.41, 5.74) is 4.05. The standard InChI is InChI=1S/C21H19N7OS/c1-3-25-21(29)28-13-30-20-17(14-5-4-6-24-10-14)7-15(8-18(20)23-2)16-11-26-19(9-22)27-12-16/h4-8,10-12H,2-3,13H2,1H3,(H2,25,28,29). The van der Waals surface area contributed by atoms with Crippen molar-refractivity contribution in [1.29, 1.82) is 5.26 Å². The van der Waals surface area contributed by atoms with Crippen molar-refractivity contribution in [3.63, 3.8) is 0 Å². The Morgan fingerprint density at radius 2 is 2.00 bits per heavy atom. The first-order valence-corrected chi connectivity index (χ1v) is 10.1. The van der Waals surface area contributed by atoms with Gasteiger partial charge in [0.05, 0.1) is 11.6 Å². The van der Waals surface area contributed by atoms with Crippen molar-refractivity contribution >= 4 is 30.2 Å². The number of amides is 2. The number of urea groups is 1. The molecule has 0 aliphatic rings. The average molecular weight is 417 g/mol. The van der Waals surface area contributed by atoms with Gasteiger partial charge in [0.15, 0.2) is 0 Å². The maximum absolute atomic E-state index is 11.7. The topological polar surface area (TPSA) is 116 Å². The molecule has 1 aromatic carbocycles. The number of carbonyl (C=O) groups excluding carboxylic acids is 1. The Hall–Kier alpha value is -3.77. The van der Waals surface area contributed by atoms with Gasteiger partial charge in [-0.3, -0.25) is 9.98 Å². The predicted molar refractivity (Wildman–Crippen MR) is 118 cm³/mol. The number of aliphatic imine (C=N–C) groups is 1. The van der Waals surface area contributed by atoms with Crippen LogP contribution in [0.25, 0.3) is 22.3 Å². The van der Waals surface area contributed by atoms with E-state index in [1.54, 1.807) is 24.8 Å². The molecule has 0 saturated carbocycles. The second-order valence-electron chi connectivity index (χ2n) is 6.00. The van der Waals surface area contributed by atoms with Gasteiger partial charge in [0, 0.05) is 47.4 Å². The molecule has 0 bridgehead atoms. The lowest BCUT2D eigenvalue weighted by atomic mass is 10.0. The van der Waals surface area contributed by atoms with Gasteiger partial charge in [-0.05, 0) is 43.0 Å². The zero-order valence-electron chi connectivity index (χ0n) is 16.3. The molecule has 3 rings (SSSR count). The Morgan fingerprint density at radius 1 is 1.20 bits per heavy atom.